The predicted octanol–water partition coefficient (Wildman–Crippen LogP) is 6.54. The lowest BCUT2D eigenvalue weighted by molar-refractivity contribution is 0.279. The van der Waals surface area contributed by atoms with Crippen LogP contribution >= 0.6 is 0 Å². The zero-order valence-corrected chi connectivity index (χ0v) is 13.9. The monoisotopic (exact) mass is 300 g/mol. The fraction of sp³-hybridized carbons (Fsp3) is 0.619. The molecule has 0 aliphatic heterocycles. The van der Waals surface area contributed by atoms with Crippen LogP contribution in [-0.2, 0) is 6.42 Å². The summed E-state index contributed by atoms with van der Waals surface area (Å²) in [5, 5.41) is 0. The van der Waals surface area contributed by atoms with Crippen molar-refractivity contribution in [2.24, 2.45) is 11.8 Å². The van der Waals surface area contributed by atoms with Gasteiger partial charge in [0.05, 0.1) is 0 Å². The summed E-state index contributed by atoms with van der Waals surface area (Å²) in [6.07, 6.45) is 15.7. The minimum atomic E-state index is -0.0943. The van der Waals surface area contributed by atoms with Gasteiger partial charge in [-0.05, 0) is 73.6 Å². The van der Waals surface area contributed by atoms with E-state index < -0.39 is 0 Å². The fourth-order valence-corrected chi connectivity index (χ4v) is 4.31. The molecule has 22 heavy (non-hydrogen) atoms. The largest absolute Gasteiger partial charge is 0.207 e. The van der Waals surface area contributed by atoms with Crippen LogP contribution in [0.4, 0.5) is 4.39 Å². The number of hydrogen-bond acceptors (Lipinski definition) is 0. The fourth-order valence-electron chi connectivity index (χ4n) is 4.31. The number of rotatable bonds is 5. The topological polar surface area (TPSA) is 0 Å². The Morgan fingerprint density at radius 3 is 2.64 bits per heavy atom. The van der Waals surface area contributed by atoms with E-state index in [1.165, 1.54) is 62.5 Å². The first-order chi connectivity index (χ1) is 10.8. The first-order valence-corrected chi connectivity index (χ1v) is 9.25. The molecular formula is C21H29F. The van der Waals surface area contributed by atoms with E-state index in [0.29, 0.717) is 0 Å². The van der Waals surface area contributed by atoms with Crippen LogP contribution in [0.15, 0.2) is 23.8 Å². The highest BCUT2D eigenvalue weighted by Crippen LogP contribution is 2.39. The van der Waals surface area contributed by atoms with E-state index in [1.54, 1.807) is 17.7 Å². The van der Waals surface area contributed by atoms with Crippen LogP contribution in [0.25, 0.3) is 6.08 Å². The second-order valence-electron chi connectivity index (χ2n) is 7.28. The molecule has 0 unspecified atom stereocenters. The van der Waals surface area contributed by atoms with Gasteiger partial charge in [0.15, 0.2) is 0 Å². The Labute approximate surface area is 134 Å². The highest BCUT2D eigenvalue weighted by Gasteiger charge is 2.25. The molecule has 120 valence electrons. The number of benzene rings is 1. The molecule has 1 aromatic rings. The van der Waals surface area contributed by atoms with Gasteiger partial charge in [0.1, 0.15) is 5.82 Å². The van der Waals surface area contributed by atoms with Gasteiger partial charge in [0, 0.05) is 0 Å². The van der Waals surface area contributed by atoms with E-state index in [0.717, 1.165) is 24.7 Å². The summed E-state index contributed by atoms with van der Waals surface area (Å²) >= 11 is 0. The SMILES string of the molecule is CCCCCC1CCC(C2=Cc3ccc(F)cc3CC2)CC1. The Bertz CT molecular complexity index is 521. The van der Waals surface area contributed by atoms with E-state index in [9.17, 15) is 4.39 Å². The second kappa shape index (κ2) is 7.44. The van der Waals surface area contributed by atoms with Gasteiger partial charge in [0.25, 0.3) is 0 Å². The molecule has 0 aromatic heterocycles. The number of allylic oxidation sites excluding steroid dienone is 1. The maximum Gasteiger partial charge on any atom is 0.123 e. The molecule has 0 spiro atoms. The van der Waals surface area contributed by atoms with Crippen molar-refractivity contribution in [1.29, 1.82) is 0 Å². The van der Waals surface area contributed by atoms with E-state index in [2.05, 4.69) is 13.0 Å². The van der Waals surface area contributed by atoms with Gasteiger partial charge in [0.2, 0.25) is 0 Å². The maximum atomic E-state index is 13.3. The van der Waals surface area contributed by atoms with Crippen molar-refractivity contribution in [2.45, 2.75) is 71.1 Å². The Morgan fingerprint density at radius 2 is 1.86 bits per heavy atom. The van der Waals surface area contributed by atoms with Crippen molar-refractivity contribution in [3.63, 3.8) is 0 Å². The van der Waals surface area contributed by atoms with E-state index >= 15 is 0 Å². The van der Waals surface area contributed by atoms with Crippen molar-refractivity contribution in [3.8, 4) is 0 Å². The third-order valence-electron chi connectivity index (χ3n) is 5.72. The molecule has 1 heteroatoms. The van der Waals surface area contributed by atoms with Crippen LogP contribution in [0.5, 0.6) is 0 Å². The minimum Gasteiger partial charge on any atom is -0.207 e. The van der Waals surface area contributed by atoms with Crippen LogP contribution in [-0.4, -0.2) is 0 Å². The summed E-state index contributed by atoms with van der Waals surface area (Å²) in [5.41, 5.74) is 4.08. The van der Waals surface area contributed by atoms with Crippen molar-refractivity contribution in [1.82, 2.24) is 0 Å². The van der Waals surface area contributed by atoms with Gasteiger partial charge >= 0.3 is 0 Å². The standard InChI is InChI=1S/C21H29F/c1-2-3-4-5-16-6-8-17(9-7-16)18-10-11-20-15-21(22)13-12-19(20)14-18/h12-17H,2-11H2,1H3. The molecule has 0 radical (unpaired) electrons. The minimum absolute atomic E-state index is 0.0943. The molecule has 0 bridgehead atoms. The third-order valence-corrected chi connectivity index (χ3v) is 5.72. The summed E-state index contributed by atoms with van der Waals surface area (Å²) in [7, 11) is 0. The van der Waals surface area contributed by atoms with E-state index in [-0.39, 0.29) is 5.82 Å². The van der Waals surface area contributed by atoms with Crippen LogP contribution in [0.1, 0.15) is 75.8 Å². The number of fused-ring (bicyclic) bond motifs is 1. The Balaban J connectivity index is 1.57. The van der Waals surface area contributed by atoms with Crippen LogP contribution in [0.2, 0.25) is 0 Å². The summed E-state index contributed by atoms with van der Waals surface area (Å²) in [4.78, 5) is 0. The summed E-state index contributed by atoms with van der Waals surface area (Å²) < 4.78 is 13.3. The van der Waals surface area contributed by atoms with Gasteiger partial charge in [-0.2, -0.15) is 0 Å². The third kappa shape index (κ3) is 3.80. The van der Waals surface area contributed by atoms with E-state index in [4.69, 9.17) is 0 Å². The van der Waals surface area contributed by atoms with Gasteiger partial charge < -0.3 is 0 Å². The van der Waals surface area contributed by atoms with Crippen molar-refractivity contribution >= 4 is 6.08 Å². The lowest BCUT2D eigenvalue weighted by atomic mass is 9.74. The molecule has 0 nitrogen and oxygen atoms in total. The normalized spacial score (nSPS) is 24.7. The van der Waals surface area contributed by atoms with Crippen LogP contribution in [0.3, 0.4) is 0 Å². The lowest BCUT2D eigenvalue weighted by Gasteiger charge is -2.32. The Hall–Kier alpha value is -1.11. The predicted molar refractivity (Wildman–Crippen MR) is 92.3 cm³/mol. The lowest BCUT2D eigenvalue weighted by Crippen LogP contribution is -2.18. The van der Waals surface area contributed by atoms with Crippen molar-refractivity contribution in [2.75, 3.05) is 0 Å². The molecule has 1 saturated carbocycles. The van der Waals surface area contributed by atoms with Crippen molar-refractivity contribution in [3.05, 3.63) is 40.7 Å². The molecule has 0 amide bonds. The smallest absolute Gasteiger partial charge is 0.123 e. The molecule has 1 aromatic carbocycles. The molecule has 2 aliphatic rings. The highest BCUT2D eigenvalue weighted by molar-refractivity contribution is 5.60. The van der Waals surface area contributed by atoms with Gasteiger partial charge in [-0.25, -0.2) is 4.39 Å². The van der Waals surface area contributed by atoms with Crippen molar-refractivity contribution < 1.29 is 4.39 Å². The number of hydrogen-bond donors (Lipinski definition) is 0. The van der Waals surface area contributed by atoms with E-state index in [1.807, 2.05) is 6.07 Å². The summed E-state index contributed by atoms with van der Waals surface area (Å²) in [5.74, 6) is 1.68. The average Bonchev–Trinajstić information content (AvgIpc) is 2.55. The molecular weight excluding hydrogens is 271 g/mol. The van der Waals surface area contributed by atoms with Crippen LogP contribution < -0.4 is 0 Å². The Kier molecular flexibility index (Phi) is 5.33. The zero-order chi connectivity index (χ0) is 15.4. The zero-order valence-electron chi connectivity index (χ0n) is 13.9. The first kappa shape index (κ1) is 15.8. The molecule has 3 rings (SSSR count). The van der Waals surface area contributed by atoms with Gasteiger partial charge in [-0.3, -0.25) is 0 Å². The Morgan fingerprint density at radius 1 is 1.05 bits per heavy atom. The quantitative estimate of drug-likeness (QED) is 0.541. The summed E-state index contributed by atoms with van der Waals surface area (Å²) in [6, 6.07) is 5.27. The molecule has 0 heterocycles. The first-order valence-electron chi connectivity index (χ1n) is 9.25. The maximum absolute atomic E-state index is 13.3. The average molecular weight is 300 g/mol. The molecule has 0 saturated heterocycles. The molecule has 0 atom stereocenters. The molecule has 0 N–H and O–H groups in total. The highest BCUT2D eigenvalue weighted by atomic mass is 19.1. The van der Waals surface area contributed by atoms with Gasteiger partial charge in [-0.1, -0.05) is 50.3 Å². The van der Waals surface area contributed by atoms with Gasteiger partial charge in [-0.15, -0.1) is 0 Å². The second-order valence-corrected chi connectivity index (χ2v) is 7.28. The molecule has 1 fully saturated rings. The number of halogens is 1. The number of aryl methyl sites for hydroxylation is 1. The molecule has 2 aliphatic carbocycles. The van der Waals surface area contributed by atoms with Crippen LogP contribution in [0, 0.1) is 17.7 Å². The number of unbranched alkanes of at least 4 members (excludes halogenated alkanes) is 2. The summed E-state index contributed by atoms with van der Waals surface area (Å²) in [6.45, 7) is 2.29.